The van der Waals surface area contributed by atoms with E-state index in [-0.39, 0.29) is 21.8 Å². The SMILES string of the molecule is COC1(C(=O)c2cc(F)ccc2Cl)CCC(C)(C)CC1. The number of carbonyl (C=O) groups excluding carboxylic acids is 1. The van der Waals surface area contributed by atoms with Gasteiger partial charge in [0.05, 0.1) is 5.02 Å². The number of rotatable bonds is 3. The lowest BCUT2D eigenvalue weighted by molar-refractivity contribution is -0.0383. The average Bonchev–Trinajstić information content (AvgIpc) is 2.41. The van der Waals surface area contributed by atoms with Gasteiger partial charge in [0, 0.05) is 12.7 Å². The molecule has 0 radical (unpaired) electrons. The number of hydrogen-bond acceptors (Lipinski definition) is 2. The molecule has 1 saturated carbocycles. The van der Waals surface area contributed by atoms with Crippen LogP contribution in [0.2, 0.25) is 5.02 Å². The summed E-state index contributed by atoms with van der Waals surface area (Å²) in [5.41, 5.74) is -0.436. The van der Waals surface area contributed by atoms with E-state index >= 15 is 0 Å². The molecule has 1 aliphatic carbocycles. The van der Waals surface area contributed by atoms with Crippen molar-refractivity contribution in [2.24, 2.45) is 5.41 Å². The van der Waals surface area contributed by atoms with Gasteiger partial charge in [-0.25, -0.2) is 4.39 Å². The number of hydrogen-bond donors (Lipinski definition) is 0. The molecule has 0 aliphatic heterocycles. The molecule has 2 rings (SSSR count). The normalized spacial score (nSPS) is 20.6. The van der Waals surface area contributed by atoms with Crippen LogP contribution >= 0.6 is 11.6 Å². The summed E-state index contributed by atoms with van der Waals surface area (Å²) in [6.07, 6.45) is 3.09. The molecule has 0 aromatic heterocycles. The van der Waals surface area contributed by atoms with Crippen LogP contribution in [0.3, 0.4) is 0 Å². The van der Waals surface area contributed by atoms with Crippen molar-refractivity contribution in [2.45, 2.75) is 45.1 Å². The van der Waals surface area contributed by atoms with E-state index in [1.165, 1.54) is 18.2 Å². The van der Waals surface area contributed by atoms with Crippen molar-refractivity contribution in [3.05, 3.63) is 34.6 Å². The van der Waals surface area contributed by atoms with Gasteiger partial charge in [0.25, 0.3) is 0 Å². The monoisotopic (exact) mass is 298 g/mol. The summed E-state index contributed by atoms with van der Waals surface area (Å²) in [7, 11) is 1.55. The molecular formula is C16H20ClFO2. The summed E-state index contributed by atoms with van der Waals surface area (Å²) < 4.78 is 18.9. The Morgan fingerprint density at radius 3 is 2.40 bits per heavy atom. The predicted molar refractivity (Wildman–Crippen MR) is 77.7 cm³/mol. The Morgan fingerprint density at radius 1 is 1.25 bits per heavy atom. The van der Waals surface area contributed by atoms with Crippen molar-refractivity contribution < 1.29 is 13.9 Å². The molecule has 1 aromatic rings. The summed E-state index contributed by atoms with van der Waals surface area (Å²) in [4.78, 5) is 12.8. The van der Waals surface area contributed by atoms with E-state index in [1.54, 1.807) is 7.11 Å². The average molecular weight is 299 g/mol. The highest BCUT2D eigenvalue weighted by Gasteiger charge is 2.45. The Kier molecular flexibility index (Phi) is 4.22. The van der Waals surface area contributed by atoms with Crippen molar-refractivity contribution in [1.29, 1.82) is 0 Å². The highest BCUT2D eigenvalue weighted by atomic mass is 35.5. The molecule has 1 fully saturated rings. The number of ether oxygens (including phenoxy) is 1. The zero-order valence-corrected chi connectivity index (χ0v) is 12.9. The van der Waals surface area contributed by atoms with E-state index in [4.69, 9.17) is 16.3 Å². The first kappa shape index (κ1) is 15.5. The van der Waals surface area contributed by atoms with Gasteiger partial charge in [-0.05, 0) is 49.3 Å². The lowest BCUT2D eigenvalue weighted by Gasteiger charge is -2.41. The van der Waals surface area contributed by atoms with Gasteiger partial charge in [-0.1, -0.05) is 25.4 Å². The summed E-state index contributed by atoms with van der Waals surface area (Å²) in [5, 5.41) is 0.276. The molecule has 1 aromatic carbocycles. The molecule has 0 amide bonds. The third-order valence-electron chi connectivity index (χ3n) is 4.39. The van der Waals surface area contributed by atoms with Crippen molar-refractivity contribution in [3.8, 4) is 0 Å². The van der Waals surface area contributed by atoms with Crippen LogP contribution in [0.25, 0.3) is 0 Å². The Balaban J connectivity index is 2.32. The van der Waals surface area contributed by atoms with Crippen molar-refractivity contribution >= 4 is 17.4 Å². The van der Waals surface area contributed by atoms with Gasteiger partial charge >= 0.3 is 0 Å². The predicted octanol–water partition coefficient (Wildman–Crippen LogP) is 4.65. The van der Waals surface area contributed by atoms with Crippen LogP contribution in [0.4, 0.5) is 4.39 Å². The van der Waals surface area contributed by atoms with E-state index in [9.17, 15) is 9.18 Å². The standard InChI is InChI=1S/C16H20ClFO2/c1-15(2)6-8-16(20-3,9-7-15)14(19)12-10-11(18)4-5-13(12)17/h4-5,10H,6-9H2,1-3H3. The van der Waals surface area contributed by atoms with Crippen LogP contribution in [0.15, 0.2) is 18.2 Å². The number of ketones is 1. The molecule has 110 valence electrons. The fourth-order valence-electron chi connectivity index (χ4n) is 2.77. The third-order valence-corrected chi connectivity index (χ3v) is 4.72. The van der Waals surface area contributed by atoms with Crippen LogP contribution < -0.4 is 0 Å². The molecule has 0 saturated heterocycles. The Morgan fingerprint density at radius 2 is 1.85 bits per heavy atom. The zero-order chi connectivity index (χ0) is 15.0. The summed E-state index contributed by atoms with van der Waals surface area (Å²) >= 11 is 6.04. The van der Waals surface area contributed by atoms with Crippen molar-refractivity contribution in [1.82, 2.24) is 0 Å². The van der Waals surface area contributed by atoms with Gasteiger partial charge < -0.3 is 4.74 Å². The maximum atomic E-state index is 13.4. The number of Topliss-reactive ketones (excluding diaryl/α,β-unsaturated/α-hetero) is 1. The lowest BCUT2D eigenvalue weighted by Crippen LogP contribution is -2.45. The first-order chi connectivity index (χ1) is 9.30. The van der Waals surface area contributed by atoms with Gasteiger partial charge in [0.2, 0.25) is 0 Å². The van der Waals surface area contributed by atoms with Crippen molar-refractivity contribution in [3.63, 3.8) is 0 Å². The van der Waals surface area contributed by atoms with Gasteiger partial charge in [-0.15, -0.1) is 0 Å². The molecular weight excluding hydrogens is 279 g/mol. The maximum Gasteiger partial charge on any atom is 0.196 e. The highest BCUT2D eigenvalue weighted by molar-refractivity contribution is 6.34. The Hall–Kier alpha value is -0.930. The summed E-state index contributed by atoms with van der Waals surface area (Å²) in [6, 6.07) is 3.87. The number of benzene rings is 1. The van der Waals surface area contributed by atoms with Gasteiger partial charge in [0.1, 0.15) is 11.4 Å². The minimum atomic E-state index is -0.868. The summed E-state index contributed by atoms with van der Waals surface area (Å²) in [6.45, 7) is 4.37. The van der Waals surface area contributed by atoms with Crippen LogP contribution in [-0.2, 0) is 4.74 Å². The zero-order valence-electron chi connectivity index (χ0n) is 12.1. The van der Waals surface area contributed by atoms with Crippen LogP contribution in [0.1, 0.15) is 49.9 Å². The van der Waals surface area contributed by atoms with Crippen molar-refractivity contribution in [2.75, 3.05) is 7.11 Å². The molecule has 2 nitrogen and oxygen atoms in total. The smallest absolute Gasteiger partial charge is 0.196 e. The van der Waals surface area contributed by atoms with Gasteiger partial charge in [0.15, 0.2) is 5.78 Å². The maximum absolute atomic E-state index is 13.4. The minimum absolute atomic E-state index is 0.208. The third kappa shape index (κ3) is 2.89. The first-order valence-corrected chi connectivity index (χ1v) is 7.22. The Labute approximate surface area is 124 Å². The molecule has 4 heteroatoms. The molecule has 0 bridgehead atoms. The molecule has 0 heterocycles. The molecule has 0 unspecified atom stereocenters. The fourth-order valence-corrected chi connectivity index (χ4v) is 2.97. The topological polar surface area (TPSA) is 26.3 Å². The Bertz CT molecular complexity index is 515. The molecule has 0 atom stereocenters. The van der Waals surface area contributed by atoms with E-state index in [2.05, 4.69) is 13.8 Å². The number of halogens is 2. The van der Waals surface area contributed by atoms with E-state index in [1.807, 2.05) is 0 Å². The second-order valence-electron chi connectivity index (χ2n) is 6.32. The molecule has 0 spiro atoms. The highest BCUT2D eigenvalue weighted by Crippen LogP contribution is 2.43. The number of carbonyl (C=O) groups is 1. The molecule has 20 heavy (non-hydrogen) atoms. The number of methoxy groups -OCH3 is 1. The molecule has 1 aliphatic rings. The van der Waals surface area contributed by atoms with Gasteiger partial charge in [-0.3, -0.25) is 4.79 Å². The van der Waals surface area contributed by atoms with E-state index < -0.39 is 11.4 Å². The fraction of sp³-hybridized carbons (Fsp3) is 0.562. The second kappa shape index (κ2) is 5.45. The lowest BCUT2D eigenvalue weighted by atomic mass is 9.68. The van der Waals surface area contributed by atoms with Crippen LogP contribution in [-0.4, -0.2) is 18.5 Å². The van der Waals surface area contributed by atoms with E-state index in [0.717, 1.165) is 12.8 Å². The van der Waals surface area contributed by atoms with E-state index in [0.29, 0.717) is 12.8 Å². The minimum Gasteiger partial charge on any atom is -0.370 e. The van der Waals surface area contributed by atoms with Gasteiger partial charge in [-0.2, -0.15) is 0 Å². The largest absolute Gasteiger partial charge is 0.370 e. The molecule has 0 N–H and O–H groups in total. The quantitative estimate of drug-likeness (QED) is 0.759. The van der Waals surface area contributed by atoms with Crippen LogP contribution in [0, 0.1) is 11.2 Å². The second-order valence-corrected chi connectivity index (χ2v) is 6.72. The van der Waals surface area contributed by atoms with Crippen LogP contribution in [0.5, 0.6) is 0 Å². The summed E-state index contributed by atoms with van der Waals surface area (Å²) in [5.74, 6) is -0.667. The first-order valence-electron chi connectivity index (χ1n) is 6.85.